The van der Waals surface area contributed by atoms with E-state index in [9.17, 15) is 4.79 Å². The fourth-order valence-corrected chi connectivity index (χ4v) is 13.3. The van der Waals surface area contributed by atoms with Gasteiger partial charge in [-0.15, -0.1) is 0 Å². The van der Waals surface area contributed by atoms with Crippen LogP contribution in [0.15, 0.2) is 65.2 Å². The Labute approximate surface area is 284 Å². The summed E-state index contributed by atoms with van der Waals surface area (Å²) in [6, 6.07) is 21.7. The molecule has 3 atom stereocenters. The van der Waals surface area contributed by atoms with E-state index in [0.29, 0.717) is 18.4 Å². The van der Waals surface area contributed by atoms with Crippen LogP contribution in [0, 0.1) is 23.7 Å². The number of aromatic nitrogens is 1. The van der Waals surface area contributed by atoms with E-state index in [1.54, 1.807) is 0 Å². The molecular weight excluding hydrogens is 599 g/mol. The highest BCUT2D eigenvalue weighted by Crippen LogP contribution is 2.55. The average Bonchev–Trinajstić information content (AvgIpc) is 3.58. The first kappa shape index (κ1) is 34.2. The van der Waals surface area contributed by atoms with Gasteiger partial charge >= 0.3 is 5.97 Å². The molecule has 47 heavy (non-hydrogen) atoms. The van der Waals surface area contributed by atoms with Crippen LogP contribution in [0.25, 0.3) is 0 Å². The van der Waals surface area contributed by atoms with E-state index >= 15 is 0 Å². The molecule has 6 heteroatoms. The maximum Gasteiger partial charge on any atom is 0.310 e. The highest BCUT2D eigenvalue weighted by atomic mass is 28.4. The molecule has 3 aromatic rings. The third kappa shape index (κ3) is 7.20. The minimum Gasteiger partial charge on any atom is -0.460 e. The second-order valence-corrected chi connectivity index (χ2v) is 21.6. The monoisotopic (exact) mass is 655 g/mol. The first-order chi connectivity index (χ1) is 22.3. The van der Waals surface area contributed by atoms with Crippen molar-refractivity contribution in [1.82, 2.24) is 5.16 Å². The maximum absolute atomic E-state index is 13.9. The predicted molar refractivity (Wildman–Crippen MR) is 192 cm³/mol. The highest BCUT2D eigenvalue weighted by Gasteiger charge is 2.52. The SMILES string of the molecule is CC(C)CC1CC(c2onc([C@H]3CC(CO[Si](c4ccccc4)(c4ccccc4)C(C)(C)C)C[C@@H]3C(=O)OC(C)(C)C)c2C2CC2)C1. The lowest BCUT2D eigenvalue weighted by atomic mass is 9.69. The zero-order chi connectivity index (χ0) is 33.6. The molecule has 3 fully saturated rings. The van der Waals surface area contributed by atoms with Gasteiger partial charge in [0.25, 0.3) is 8.32 Å². The zero-order valence-corrected chi connectivity index (χ0v) is 31.1. The molecule has 5 nitrogen and oxygen atoms in total. The lowest BCUT2D eigenvalue weighted by Gasteiger charge is -2.43. The Hall–Kier alpha value is -2.70. The van der Waals surface area contributed by atoms with Crippen LogP contribution in [0.4, 0.5) is 0 Å². The Morgan fingerprint density at radius 3 is 1.96 bits per heavy atom. The molecule has 0 N–H and O–H groups in total. The van der Waals surface area contributed by atoms with Crippen LogP contribution in [0.2, 0.25) is 5.04 Å². The maximum atomic E-state index is 13.9. The summed E-state index contributed by atoms with van der Waals surface area (Å²) in [7, 11) is -2.70. The molecule has 0 spiro atoms. The number of benzene rings is 2. The standard InChI is InChI=1S/C41H57NO4Si/c1-27(2)21-28-22-31(23-28)38-36(30-19-20-30)37(42-46-38)34-24-29(25-35(34)39(43)45-40(3,4)5)26-44-47(41(6,7)8,32-15-11-9-12-16-32)33-17-13-10-14-18-33/h9-18,27-31,34-35H,19-26H2,1-8H3/t28?,29?,31?,34-,35-/m0/s1. The normalized spacial score (nSPS) is 25.2. The van der Waals surface area contributed by atoms with Gasteiger partial charge in [-0.25, -0.2) is 0 Å². The first-order valence-corrected chi connectivity index (χ1v) is 20.1. The van der Waals surface area contributed by atoms with Crippen molar-refractivity contribution < 1.29 is 18.5 Å². The molecule has 0 aliphatic heterocycles. The van der Waals surface area contributed by atoms with Crippen LogP contribution in [-0.2, 0) is 14.0 Å². The van der Waals surface area contributed by atoms with Gasteiger partial charge in [0.15, 0.2) is 0 Å². The lowest BCUT2D eigenvalue weighted by Crippen LogP contribution is -2.66. The van der Waals surface area contributed by atoms with Crippen molar-refractivity contribution in [3.8, 4) is 0 Å². The molecule has 1 aromatic heterocycles. The van der Waals surface area contributed by atoms with Crippen molar-refractivity contribution in [2.75, 3.05) is 6.61 Å². The summed E-state index contributed by atoms with van der Waals surface area (Å²) in [5.41, 5.74) is 1.83. The Morgan fingerprint density at radius 1 is 0.851 bits per heavy atom. The molecule has 2 aromatic carbocycles. The number of rotatable bonds is 11. The molecule has 0 radical (unpaired) electrons. The molecule has 0 amide bonds. The largest absolute Gasteiger partial charge is 0.460 e. The molecule has 3 aliphatic rings. The van der Waals surface area contributed by atoms with Crippen LogP contribution < -0.4 is 10.4 Å². The van der Waals surface area contributed by atoms with Crippen molar-refractivity contribution in [1.29, 1.82) is 0 Å². The fourth-order valence-electron chi connectivity index (χ4n) is 8.70. The van der Waals surface area contributed by atoms with Crippen LogP contribution >= 0.6 is 0 Å². The minimum atomic E-state index is -2.70. The number of carbonyl (C=O) groups excluding carboxylic acids is 1. The van der Waals surface area contributed by atoms with Crippen molar-refractivity contribution in [3.63, 3.8) is 0 Å². The predicted octanol–water partition coefficient (Wildman–Crippen LogP) is 9.12. The van der Waals surface area contributed by atoms with Crippen LogP contribution in [0.1, 0.15) is 135 Å². The van der Waals surface area contributed by atoms with E-state index < -0.39 is 13.9 Å². The van der Waals surface area contributed by atoms with E-state index in [0.717, 1.165) is 36.1 Å². The number of hydrogen-bond acceptors (Lipinski definition) is 5. The van der Waals surface area contributed by atoms with Gasteiger partial charge in [-0.05, 0) is 105 Å². The highest BCUT2D eigenvalue weighted by molar-refractivity contribution is 6.99. The zero-order valence-electron chi connectivity index (χ0n) is 30.1. The van der Waals surface area contributed by atoms with Crippen molar-refractivity contribution >= 4 is 24.7 Å². The van der Waals surface area contributed by atoms with Gasteiger partial charge in [-0.3, -0.25) is 4.79 Å². The van der Waals surface area contributed by atoms with E-state index in [1.165, 1.54) is 48.0 Å². The molecule has 3 aliphatic carbocycles. The van der Waals surface area contributed by atoms with Gasteiger partial charge in [0.1, 0.15) is 11.4 Å². The van der Waals surface area contributed by atoms with Crippen LogP contribution in [0.3, 0.4) is 0 Å². The summed E-state index contributed by atoms with van der Waals surface area (Å²) in [6.07, 6.45) is 7.65. The molecule has 254 valence electrons. The quantitative estimate of drug-likeness (QED) is 0.152. The molecule has 1 heterocycles. The van der Waals surface area contributed by atoms with Crippen molar-refractivity contribution in [2.24, 2.45) is 23.7 Å². The molecular formula is C41H57NO4Si. The molecule has 0 bridgehead atoms. The number of hydrogen-bond donors (Lipinski definition) is 0. The Kier molecular flexibility index (Phi) is 9.67. The summed E-state index contributed by atoms with van der Waals surface area (Å²) in [4.78, 5) is 13.9. The number of ether oxygens (including phenoxy) is 1. The van der Waals surface area contributed by atoms with Gasteiger partial charge in [0, 0.05) is 24.0 Å². The summed E-state index contributed by atoms with van der Waals surface area (Å²) in [5, 5.41) is 7.30. The molecule has 0 saturated heterocycles. The Bertz CT molecular complexity index is 1450. The summed E-state index contributed by atoms with van der Waals surface area (Å²) in [5.74, 6) is 3.44. The second kappa shape index (κ2) is 13.3. The minimum absolute atomic E-state index is 0.0164. The van der Waals surface area contributed by atoms with E-state index in [-0.39, 0.29) is 28.8 Å². The van der Waals surface area contributed by atoms with Crippen molar-refractivity contribution in [3.05, 3.63) is 77.7 Å². The second-order valence-electron chi connectivity index (χ2n) is 17.3. The lowest BCUT2D eigenvalue weighted by molar-refractivity contribution is -0.160. The third-order valence-corrected chi connectivity index (χ3v) is 15.9. The smallest absolute Gasteiger partial charge is 0.310 e. The van der Waals surface area contributed by atoms with E-state index in [1.807, 2.05) is 20.8 Å². The van der Waals surface area contributed by atoms with E-state index in [2.05, 4.69) is 95.3 Å². The summed E-state index contributed by atoms with van der Waals surface area (Å²) in [6.45, 7) is 18.1. The average molecular weight is 656 g/mol. The van der Waals surface area contributed by atoms with Gasteiger partial charge in [0.05, 0.1) is 11.6 Å². The van der Waals surface area contributed by atoms with Crippen molar-refractivity contribution in [2.45, 2.75) is 129 Å². The third-order valence-electron chi connectivity index (χ3n) is 10.9. The van der Waals surface area contributed by atoms with Gasteiger partial charge in [0.2, 0.25) is 0 Å². The molecule has 6 rings (SSSR count). The Balaban J connectivity index is 1.30. The van der Waals surface area contributed by atoms with Gasteiger partial charge in [-0.1, -0.05) is 100 Å². The molecule has 3 saturated carbocycles. The Morgan fingerprint density at radius 2 is 1.45 bits per heavy atom. The van der Waals surface area contributed by atoms with E-state index in [4.69, 9.17) is 18.8 Å². The van der Waals surface area contributed by atoms with Gasteiger partial charge < -0.3 is 13.7 Å². The van der Waals surface area contributed by atoms with Gasteiger partial charge in [-0.2, -0.15) is 0 Å². The van der Waals surface area contributed by atoms with Crippen LogP contribution in [-0.4, -0.2) is 31.7 Å². The number of esters is 1. The topological polar surface area (TPSA) is 61.6 Å². The first-order valence-electron chi connectivity index (χ1n) is 18.2. The number of nitrogens with zero attached hydrogens (tertiary/aromatic N) is 1. The fraction of sp³-hybridized carbons (Fsp3) is 0.610. The number of carbonyl (C=O) groups is 1. The summed E-state index contributed by atoms with van der Waals surface area (Å²) < 4.78 is 19.8. The molecule has 1 unspecified atom stereocenters. The van der Waals surface area contributed by atoms with Crippen LogP contribution in [0.5, 0.6) is 0 Å². The summed E-state index contributed by atoms with van der Waals surface area (Å²) >= 11 is 0.